The number of anilines is 1. The molecule has 3 aromatic rings. The van der Waals surface area contributed by atoms with Crippen molar-refractivity contribution < 1.29 is 9.21 Å². The van der Waals surface area contributed by atoms with Gasteiger partial charge in [0.05, 0.1) is 6.04 Å². The normalized spacial score (nSPS) is 11.8. The largest absolute Gasteiger partial charge is 0.421 e. The number of aromatic nitrogens is 3. The van der Waals surface area contributed by atoms with E-state index in [4.69, 9.17) is 4.42 Å². The number of hydrogen-bond donors (Lipinski definition) is 2. The van der Waals surface area contributed by atoms with Crippen molar-refractivity contribution in [2.24, 2.45) is 0 Å². The molecule has 0 aliphatic carbocycles. The molecule has 7 heteroatoms. The first-order valence-corrected chi connectivity index (χ1v) is 8.03. The highest BCUT2D eigenvalue weighted by atomic mass is 16.4. The van der Waals surface area contributed by atoms with Crippen LogP contribution < -0.4 is 10.6 Å². The van der Waals surface area contributed by atoms with Gasteiger partial charge in [0, 0.05) is 30.6 Å². The minimum atomic E-state index is -0.259. The molecule has 2 N–H and O–H groups in total. The van der Waals surface area contributed by atoms with Crippen molar-refractivity contribution in [3.05, 3.63) is 60.2 Å². The monoisotopic (exact) mass is 337 g/mol. The van der Waals surface area contributed by atoms with E-state index >= 15 is 0 Å². The SMILES string of the molecule is CCC(NC(=O)Nc1ccc(-c2nnc(C)o2)cc1)c1ccncc1. The number of rotatable bonds is 5. The molecule has 0 radical (unpaired) electrons. The van der Waals surface area contributed by atoms with E-state index in [1.165, 1.54) is 0 Å². The first-order valence-electron chi connectivity index (χ1n) is 8.03. The maximum absolute atomic E-state index is 12.2. The maximum atomic E-state index is 12.2. The Morgan fingerprint density at radius 1 is 1.12 bits per heavy atom. The van der Waals surface area contributed by atoms with Crippen LogP contribution in [0.2, 0.25) is 0 Å². The highest BCUT2D eigenvalue weighted by molar-refractivity contribution is 5.89. The fraction of sp³-hybridized carbons (Fsp3) is 0.222. The summed E-state index contributed by atoms with van der Waals surface area (Å²) in [4.78, 5) is 16.2. The van der Waals surface area contributed by atoms with Crippen molar-refractivity contribution in [2.75, 3.05) is 5.32 Å². The molecule has 0 aliphatic rings. The summed E-state index contributed by atoms with van der Waals surface area (Å²) in [5.41, 5.74) is 2.51. The summed E-state index contributed by atoms with van der Waals surface area (Å²) >= 11 is 0. The van der Waals surface area contributed by atoms with Crippen molar-refractivity contribution in [3.63, 3.8) is 0 Å². The summed E-state index contributed by atoms with van der Waals surface area (Å²) in [6.07, 6.45) is 4.22. The Hall–Kier alpha value is -3.22. The average Bonchev–Trinajstić information content (AvgIpc) is 3.07. The molecule has 0 aliphatic heterocycles. The van der Waals surface area contributed by atoms with Crippen LogP contribution in [0.5, 0.6) is 0 Å². The molecule has 1 atom stereocenters. The summed E-state index contributed by atoms with van der Waals surface area (Å²) in [6, 6.07) is 10.7. The lowest BCUT2D eigenvalue weighted by molar-refractivity contribution is 0.248. The van der Waals surface area contributed by atoms with E-state index in [2.05, 4.69) is 25.8 Å². The van der Waals surface area contributed by atoms with Crippen molar-refractivity contribution in [3.8, 4) is 11.5 Å². The summed E-state index contributed by atoms with van der Waals surface area (Å²) in [5, 5.41) is 13.6. The number of benzene rings is 1. The number of aryl methyl sites for hydroxylation is 1. The molecule has 128 valence electrons. The molecular weight excluding hydrogens is 318 g/mol. The summed E-state index contributed by atoms with van der Waals surface area (Å²) < 4.78 is 5.38. The highest BCUT2D eigenvalue weighted by Gasteiger charge is 2.13. The van der Waals surface area contributed by atoms with Crippen molar-refractivity contribution in [2.45, 2.75) is 26.3 Å². The van der Waals surface area contributed by atoms with Gasteiger partial charge in [-0.3, -0.25) is 4.98 Å². The van der Waals surface area contributed by atoms with Gasteiger partial charge in [-0.15, -0.1) is 10.2 Å². The lowest BCUT2D eigenvalue weighted by Gasteiger charge is -2.17. The molecule has 0 bridgehead atoms. The van der Waals surface area contributed by atoms with Crippen LogP contribution in [0.1, 0.15) is 30.8 Å². The van der Waals surface area contributed by atoms with Gasteiger partial charge < -0.3 is 15.1 Å². The second kappa shape index (κ2) is 7.57. The topological polar surface area (TPSA) is 92.9 Å². The number of carbonyl (C=O) groups excluding carboxylic acids is 1. The Labute approximate surface area is 145 Å². The fourth-order valence-corrected chi connectivity index (χ4v) is 2.45. The zero-order valence-corrected chi connectivity index (χ0v) is 14.1. The molecular formula is C18H19N5O2. The van der Waals surface area contributed by atoms with E-state index in [-0.39, 0.29) is 12.1 Å². The van der Waals surface area contributed by atoms with Crippen molar-refractivity contribution >= 4 is 11.7 Å². The lowest BCUT2D eigenvalue weighted by atomic mass is 10.1. The Kier molecular flexibility index (Phi) is 5.03. The van der Waals surface area contributed by atoms with Crippen LogP contribution in [-0.4, -0.2) is 21.2 Å². The predicted molar refractivity (Wildman–Crippen MR) is 93.9 cm³/mol. The van der Waals surface area contributed by atoms with E-state index < -0.39 is 0 Å². The number of carbonyl (C=O) groups is 1. The number of urea groups is 1. The number of pyridine rings is 1. The van der Waals surface area contributed by atoms with Gasteiger partial charge in [0.2, 0.25) is 11.8 Å². The molecule has 7 nitrogen and oxygen atoms in total. The highest BCUT2D eigenvalue weighted by Crippen LogP contribution is 2.20. The molecule has 25 heavy (non-hydrogen) atoms. The first kappa shape index (κ1) is 16.6. The second-order valence-electron chi connectivity index (χ2n) is 5.54. The van der Waals surface area contributed by atoms with E-state index in [1.54, 1.807) is 31.5 Å². The van der Waals surface area contributed by atoms with Crippen LogP contribution in [0.25, 0.3) is 11.5 Å². The zero-order chi connectivity index (χ0) is 17.6. The minimum Gasteiger partial charge on any atom is -0.421 e. The van der Waals surface area contributed by atoms with E-state index in [0.29, 0.717) is 17.5 Å². The Bertz CT molecular complexity index is 830. The Balaban J connectivity index is 1.62. The third kappa shape index (κ3) is 4.20. The van der Waals surface area contributed by atoms with Crippen LogP contribution in [0, 0.1) is 6.92 Å². The van der Waals surface area contributed by atoms with Gasteiger partial charge in [0.1, 0.15) is 0 Å². The summed E-state index contributed by atoms with van der Waals surface area (Å²) in [7, 11) is 0. The quantitative estimate of drug-likeness (QED) is 0.740. The van der Waals surface area contributed by atoms with Gasteiger partial charge in [0.15, 0.2) is 0 Å². The van der Waals surface area contributed by atoms with E-state index in [0.717, 1.165) is 17.5 Å². The molecule has 3 rings (SSSR count). The van der Waals surface area contributed by atoms with Crippen LogP contribution in [0.4, 0.5) is 10.5 Å². The Morgan fingerprint density at radius 2 is 1.84 bits per heavy atom. The molecule has 2 heterocycles. The van der Waals surface area contributed by atoms with Gasteiger partial charge in [-0.25, -0.2) is 4.79 Å². The van der Waals surface area contributed by atoms with Crippen LogP contribution >= 0.6 is 0 Å². The summed E-state index contributed by atoms with van der Waals surface area (Å²) in [5.74, 6) is 0.968. The second-order valence-corrected chi connectivity index (χ2v) is 5.54. The maximum Gasteiger partial charge on any atom is 0.319 e. The molecule has 1 unspecified atom stereocenters. The van der Waals surface area contributed by atoms with E-state index in [9.17, 15) is 4.79 Å². The first-order chi connectivity index (χ1) is 12.2. The lowest BCUT2D eigenvalue weighted by Crippen LogP contribution is -2.32. The predicted octanol–water partition coefficient (Wildman–Crippen LogP) is 3.71. The van der Waals surface area contributed by atoms with Crippen LogP contribution in [0.3, 0.4) is 0 Å². The smallest absolute Gasteiger partial charge is 0.319 e. The fourth-order valence-electron chi connectivity index (χ4n) is 2.45. The Morgan fingerprint density at radius 3 is 2.44 bits per heavy atom. The molecule has 2 aromatic heterocycles. The van der Waals surface area contributed by atoms with E-state index in [1.807, 2.05) is 31.2 Å². The molecule has 0 saturated carbocycles. The van der Waals surface area contributed by atoms with Crippen LogP contribution in [-0.2, 0) is 0 Å². The van der Waals surface area contributed by atoms with Crippen molar-refractivity contribution in [1.82, 2.24) is 20.5 Å². The van der Waals surface area contributed by atoms with Gasteiger partial charge in [0.25, 0.3) is 0 Å². The third-order valence-corrected chi connectivity index (χ3v) is 3.74. The summed E-state index contributed by atoms with van der Waals surface area (Å²) in [6.45, 7) is 3.76. The number of nitrogens with one attached hydrogen (secondary N) is 2. The van der Waals surface area contributed by atoms with Gasteiger partial charge >= 0.3 is 6.03 Å². The van der Waals surface area contributed by atoms with Gasteiger partial charge in [-0.2, -0.15) is 0 Å². The molecule has 0 spiro atoms. The van der Waals surface area contributed by atoms with Crippen LogP contribution in [0.15, 0.2) is 53.2 Å². The number of nitrogens with zero attached hydrogens (tertiary/aromatic N) is 3. The van der Waals surface area contributed by atoms with Crippen molar-refractivity contribution in [1.29, 1.82) is 0 Å². The molecule has 1 aromatic carbocycles. The van der Waals surface area contributed by atoms with Gasteiger partial charge in [-0.05, 0) is 48.4 Å². The average molecular weight is 337 g/mol. The zero-order valence-electron chi connectivity index (χ0n) is 14.1. The number of amides is 2. The molecule has 0 fully saturated rings. The number of hydrogen-bond acceptors (Lipinski definition) is 5. The minimum absolute atomic E-state index is 0.0661. The standard InChI is InChI=1S/C18H19N5O2/c1-3-16(13-8-10-19-11-9-13)21-18(24)20-15-6-4-14(5-7-15)17-23-22-12(2)25-17/h4-11,16H,3H2,1-2H3,(H2,20,21,24). The van der Waals surface area contributed by atoms with Gasteiger partial charge in [-0.1, -0.05) is 6.92 Å². The third-order valence-electron chi connectivity index (χ3n) is 3.74. The molecule has 2 amide bonds. The molecule has 0 saturated heterocycles.